The first-order chi connectivity index (χ1) is 24.5. The van der Waals surface area contributed by atoms with Crippen molar-refractivity contribution in [2.45, 2.75) is 71.5 Å². The third kappa shape index (κ3) is 12.5. The van der Waals surface area contributed by atoms with E-state index in [0.29, 0.717) is 68.5 Å². The van der Waals surface area contributed by atoms with Crippen LogP contribution in [-0.2, 0) is 38.6 Å². The lowest BCUT2D eigenvalue weighted by Crippen LogP contribution is -2.41. The van der Waals surface area contributed by atoms with Crippen molar-refractivity contribution in [1.82, 2.24) is 40.2 Å². The molecule has 4 aromatic rings. The van der Waals surface area contributed by atoms with Crippen molar-refractivity contribution in [3.8, 4) is 0 Å². The molecule has 0 saturated carbocycles. The highest BCUT2D eigenvalue weighted by Gasteiger charge is 2.22. The van der Waals surface area contributed by atoms with Gasteiger partial charge in [0, 0.05) is 57.0 Å². The lowest BCUT2D eigenvalue weighted by atomic mass is 10.1. The first-order valence-corrected chi connectivity index (χ1v) is 16.9. The van der Waals surface area contributed by atoms with Crippen LogP contribution in [0.1, 0.15) is 67.7 Å². The standard InChI is InChI=1S/C34H47N11O6/c1-22(2)12-16-51-17-13-24-21-45(43-42-24)14-18-50-15-4-5-27(46)10-11-28(33(48)49)39-32(47)23-6-8-26(9-7-23)44(3)20-25-19-37-31-29(38-25)30(35)40-34(36)41-31/h6-9,19,21-22,28H,4-5,10-18,20H2,1-3H3,(H,39,47)(H,48,49)(H4,35,36,37,40,41). The fourth-order valence-electron chi connectivity index (χ4n) is 4.98. The summed E-state index contributed by atoms with van der Waals surface area (Å²) in [6, 6.07) is 5.45. The quantitative estimate of drug-likeness (QED) is 0.0859. The molecule has 0 radical (unpaired) electrons. The molecule has 1 aromatic carbocycles. The molecule has 0 bridgehead atoms. The van der Waals surface area contributed by atoms with Crippen LogP contribution in [-0.4, -0.2) is 97.2 Å². The summed E-state index contributed by atoms with van der Waals surface area (Å²) in [4.78, 5) is 55.8. The minimum Gasteiger partial charge on any atom is -0.480 e. The van der Waals surface area contributed by atoms with Crippen molar-refractivity contribution in [2.24, 2.45) is 5.92 Å². The number of nitrogens with one attached hydrogen (secondary N) is 1. The first-order valence-electron chi connectivity index (χ1n) is 16.9. The molecule has 1 unspecified atom stereocenters. The molecule has 3 heterocycles. The number of rotatable bonds is 22. The van der Waals surface area contributed by atoms with Gasteiger partial charge in [-0.25, -0.2) is 19.4 Å². The zero-order valence-electron chi connectivity index (χ0n) is 29.3. The number of fused-ring (bicyclic) bond motifs is 1. The van der Waals surface area contributed by atoms with Crippen LogP contribution in [0.15, 0.2) is 36.7 Å². The van der Waals surface area contributed by atoms with E-state index in [1.807, 2.05) is 18.1 Å². The van der Waals surface area contributed by atoms with E-state index in [0.717, 1.165) is 24.4 Å². The number of benzene rings is 1. The zero-order valence-corrected chi connectivity index (χ0v) is 29.3. The topological polar surface area (TPSA) is 239 Å². The molecule has 4 rings (SSSR count). The molecule has 0 saturated heterocycles. The Morgan fingerprint density at radius 1 is 0.961 bits per heavy atom. The molecule has 6 N–H and O–H groups in total. The number of nitrogens with zero attached hydrogens (tertiary/aromatic N) is 8. The van der Waals surface area contributed by atoms with Crippen molar-refractivity contribution in [3.05, 3.63) is 53.6 Å². The lowest BCUT2D eigenvalue weighted by molar-refractivity contribution is -0.139. The van der Waals surface area contributed by atoms with Crippen molar-refractivity contribution >= 4 is 46.3 Å². The number of aliphatic carboxylic acids is 1. The highest BCUT2D eigenvalue weighted by molar-refractivity contribution is 5.97. The number of carbonyl (C=O) groups is 3. The normalized spacial score (nSPS) is 11.9. The van der Waals surface area contributed by atoms with Crippen molar-refractivity contribution in [3.63, 3.8) is 0 Å². The fourth-order valence-corrected chi connectivity index (χ4v) is 4.98. The van der Waals surface area contributed by atoms with Crippen LogP contribution in [0.2, 0.25) is 0 Å². The van der Waals surface area contributed by atoms with Crippen LogP contribution in [0.4, 0.5) is 17.5 Å². The Balaban J connectivity index is 1.12. The molecule has 17 nitrogen and oxygen atoms in total. The van der Waals surface area contributed by atoms with Gasteiger partial charge in [0.05, 0.1) is 43.9 Å². The van der Waals surface area contributed by atoms with Gasteiger partial charge in [-0.15, -0.1) is 5.10 Å². The Kier molecular flexibility index (Phi) is 14.5. The van der Waals surface area contributed by atoms with Gasteiger partial charge in [-0.2, -0.15) is 9.97 Å². The highest BCUT2D eigenvalue weighted by Crippen LogP contribution is 2.19. The Morgan fingerprint density at radius 3 is 2.47 bits per heavy atom. The van der Waals surface area contributed by atoms with Crippen LogP contribution < -0.4 is 21.7 Å². The predicted octanol–water partition coefficient (Wildman–Crippen LogP) is 2.45. The Hall–Kier alpha value is -5.29. The number of carboxylic acids is 1. The summed E-state index contributed by atoms with van der Waals surface area (Å²) in [6.45, 7) is 7.40. The predicted molar refractivity (Wildman–Crippen MR) is 190 cm³/mol. The molecule has 17 heteroatoms. The maximum absolute atomic E-state index is 12.9. The number of nitrogen functional groups attached to an aromatic ring is 2. The van der Waals surface area contributed by atoms with E-state index in [1.54, 1.807) is 35.1 Å². The summed E-state index contributed by atoms with van der Waals surface area (Å²) in [5, 5.41) is 20.5. The number of carbonyl (C=O) groups excluding carboxylic acids is 2. The van der Waals surface area contributed by atoms with E-state index in [-0.39, 0.29) is 42.4 Å². The Bertz CT molecular complexity index is 1750. The van der Waals surface area contributed by atoms with Gasteiger partial charge in [0.25, 0.3) is 5.91 Å². The number of Topliss-reactive ketones (excluding diaryl/α,β-unsaturated/α-hetero) is 1. The van der Waals surface area contributed by atoms with Gasteiger partial charge >= 0.3 is 5.97 Å². The van der Waals surface area contributed by atoms with Gasteiger partial charge < -0.3 is 36.3 Å². The lowest BCUT2D eigenvalue weighted by Gasteiger charge is -2.19. The molecule has 0 aliphatic rings. The number of carboxylic acid groups (broad SMARTS) is 1. The van der Waals surface area contributed by atoms with E-state index in [9.17, 15) is 19.5 Å². The second kappa shape index (κ2) is 19.2. The van der Waals surface area contributed by atoms with E-state index in [4.69, 9.17) is 20.9 Å². The summed E-state index contributed by atoms with van der Waals surface area (Å²) in [5.41, 5.74) is 14.7. The fraction of sp³-hybridized carbons (Fsp3) is 0.500. The number of nitrogens with two attached hydrogens (primary N) is 2. The number of hydrogen-bond acceptors (Lipinski definition) is 14. The van der Waals surface area contributed by atoms with Crippen LogP contribution in [0, 0.1) is 5.92 Å². The van der Waals surface area contributed by atoms with Crippen molar-refractivity contribution in [2.75, 3.05) is 49.8 Å². The summed E-state index contributed by atoms with van der Waals surface area (Å²) in [5.74, 6) is -1.09. The van der Waals surface area contributed by atoms with Crippen LogP contribution in [0.25, 0.3) is 11.2 Å². The van der Waals surface area contributed by atoms with Gasteiger partial charge in [0.2, 0.25) is 5.95 Å². The molecular weight excluding hydrogens is 658 g/mol. The van der Waals surface area contributed by atoms with Crippen LogP contribution in [0.3, 0.4) is 0 Å². The zero-order chi connectivity index (χ0) is 36.8. The van der Waals surface area contributed by atoms with Crippen molar-refractivity contribution in [1.29, 1.82) is 0 Å². The Morgan fingerprint density at radius 2 is 1.73 bits per heavy atom. The number of amides is 1. The minimum atomic E-state index is -1.21. The SMILES string of the molecule is CC(C)CCOCCc1cn(CCOCCCC(=O)CCC(NC(=O)c2ccc(N(C)Cc3cnc4nc(N)nc(N)c4n3)cc2)C(=O)O)nn1. The maximum atomic E-state index is 12.9. The molecule has 51 heavy (non-hydrogen) atoms. The van der Waals surface area contributed by atoms with Crippen LogP contribution in [0.5, 0.6) is 0 Å². The third-order valence-electron chi connectivity index (χ3n) is 7.92. The second-order valence-corrected chi connectivity index (χ2v) is 12.6. The highest BCUT2D eigenvalue weighted by atomic mass is 16.5. The largest absolute Gasteiger partial charge is 0.480 e. The summed E-state index contributed by atoms with van der Waals surface area (Å²) < 4.78 is 13.0. The van der Waals surface area contributed by atoms with Crippen molar-refractivity contribution < 1.29 is 29.0 Å². The van der Waals surface area contributed by atoms with E-state index < -0.39 is 17.9 Å². The average molecular weight is 706 g/mol. The number of ketones is 1. The number of aromatic nitrogens is 7. The van der Waals surface area contributed by atoms with Gasteiger partial charge in [0.1, 0.15) is 11.8 Å². The summed E-state index contributed by atoms with van der Waals surface area (Å²) in [6.07, 6.45) is 5.94. The maximum Gasteiger partial charge on any atom is 0.326 e. The summed E-state index contributed by atoms with van der Waals surface area (Å²) >= 11 is 0. The molecule has 0 aliphatic carbocycles. The number of anilines is 3. The molecule has 1 amide bonds. The van der Waals surface area contributed by atoms with Gasteiger partial charge in [0.15, 0.2) is 17.0 Å². The molecule has 274 valence electrons. The van der Waals surface area contributed by atoms with Gasteiger partial charge in [-0.1, -0.05) is 19.1 Å². The molecular formula is C34H47N11O6. The molecule has 0 spiro atoms. The first kappa shape index (κ1) is 38.5. The van der Waals surface area contributed by atoms with E-state index in [2.05, 4.69) is 49.4 Å². The summed E-state index contributed by atoms with van der Waals surface area (Å²) in [7, 11) is 1.84. The molecule has 1 atom stereocenters. The smallest absolute Gasteiger partial charge is 0.326 e. The Labute approximate surface area is 296 Å². The number of ether oxygens (including phenoxy) is 2. The van der Waals surface area contributed by atoms with Gasteiger partial charge in [-0.3, -0.25) is 9.59 Å². The second-order valence-electron chi connectivity index (χ2n) is 12.6. The van der Waals surface area contributed by atoms with E-state index in [1.165, 1.54) is 0 Å². The minimum absolute atomic E-state index is 0.0174. The average Bonchev–Trinajstić information content (AvgIpc) is 3.55. The molecule has 0 aliphatic heterocycles. The monoisotopic (exact) mass is 705 g/mol. The van der Waals surface area contributed by atoms with E-state index >= 15 is 0 Å². The molecule has 3 aromatic heterocycles. The van der Waals surface area contributed by atoms with Gasteiger partial charge in [-0.05, 0) is 49.4 Å². The third-order valence-corrected chi connectivity index (χ3v) is 7.92. The molecule has 0 fully saturated rings. The number of hydrogen-bond donors (Lipinski definition) is 4. The van der Waals surface area contributed by atoms with Crippen LogP contribution >= 0.6 is 0 Å².